The van der Waals surface area contributed by atoms with Crippen molar-refractivity contribution in [2.24, 2.45) is 0 Å². The van der Waals surface area contributed by atoms with E-state index in [0.29, 0.717) is 0 Å². The third kappa shape index (κ3) is 8.85. The zero-order valence-corrected chi connectivity index (χ0v) is 5.47. The first-order valence-electron chi connectivity index (χ1n) is 1.10. The summed E-state index contributed by atoms with van der Waals surface area (Å²) in [6, 6.07) is 0. The molecule has 0 saturated carbocycles. The summed E-state index contributed by atoms with van der Waals surface area (Å²) in [5, 5.41) is 15.0. The predicted molar refractivity (Wildman–Crippen MR) is 14.7 cm³/mol. The van der Waals surface area contributed by atoms with Gasteiger partial charge in [0.15, 0.2) is 0 Å². The number of carbonyl (C=O) groups is 1. The number of carboxylic acid groups (broad SMARTS) is 1. The summed E-state index contributed by atoms with van der Waals surface area (Å²) >= 11 is 0. The molecule has 0 fully saturated rings. The molecule has 0 radical (unpaired) electrons. The minimum absolute atomic E-state index is 0. The Hall–Kier alpha value is 0.313. The number of carboxylic acids is 1. The second-order valence-electron chi connectivity index (χ2n) is 0.552. The third-order valence-corrected chi connectivity index (χ3v) is 0.135. The van der Waals surface area contributed by atoms with Gasteiger partial charge in [-0.2, -0.15) is 0 Å². The van der Waals surface area contributed by atoms with Crippen molar-refractivity contribution in [2.45, 2.75) is 0 Å². The van der Waals surface area contributed by atoms with E-state index in [0.717, 1.165) is 0 Å². The van der Waals surface area contributed by atoms with Crippen LogP contribution in [0.15, 0.2) is 0 Å². The fourth-order valence-electron chi connectivity index (χ4n) is 0. The Morgan fingerprint density at radius 3 is 1.83 bits per heavy atom. The van der Waals surface area contributed by atoms with E-state index in [1.54, 1.807) is 0 Å². The topological polar surface area (TPSA) is 57.5 Å². The van der Waals surface area contributed by atoms with Crippen molar-refractivity contribution < 1.29 is 41.2 Å². The molecule has 0 aliphatic rings. The summed E-state index contributed by atoms with van der Waals surface area (Å²) in [5.74, 6) is -1.19. The van der Waals surface area contributed by atoms with E-state index in [9.17, 15) is 0 Å². The number of aliphatic carboxylic acids is 1. The van der Waals surface area contributed by atoms with E-state index in [4.69, 9.17) is 15.0 Å². The largest absolute Gasteiger partial charge is 0.480 e. The van der Waals surface area contributed by atoms with Crippen LogP contribution in [0.5, 0.6) is 0 Å². The SMILES string of the molecule is O=C(O)CO.[Zr]. The Labute approximate surface area is 54.1 Å². The Morgan fingerprint density at radius 1 is 1.67 bits per heavy atom. The maximum Gasteiger partial charge on any atom is 0.329 e. The van der Waals surface area contributed by atoms with E-state index < -0.39 is 12.6 Å². The summed E-state index contributed by atoms with van der Waals surface area (Å²) in [6.07, 6.45) is 0. The Balaban J connectivity index is 0. The molecule has 0 unspecified atom stereocenters. The standard InChI is InChI=1S/C2H4O3.Zr/c3-1-2(4)5;/h3H,1H2,(H,4,5);. The summed E-state index contributed by atoms with van der Waals surface area (Å²) in [7, 11) is 0. The van der Waals surface area contributed by atoms with Crippen LogP contribution in [0.2, 0.25) is 0 Å². The molecule has 0 aliphatic heterocycles. The second-order valence-corrected chi connectivity index (χ2v) is 0.552. The molecule has 3 nitrogen and oxygen atoms in total. The summed E-state index contributed by atoms with van der Waals surface area (Å²) in [5.41, 5.74) is 0. The first kappa shape index (κ1) is 9.58. The van der Waals surface area contributed by atoms with E-state index in [-0.39, 0.29) is 26.2 Å². The van der Waals surface area contributed by atoms with Gasteiger partial charge in [0.1, 0.15) is 6.61 Å². The van der Waals surface area contributed by atoms with Crippen molar-refractivity contribution in [1.29, 1.82) is 0 Å². The molecule has 0 spiro atoms. The molecular formula is C2H4O3Zr. The summed E-state index contributed by atoms with van der Waals surface area (Å²) in [6.45, 7) is -0.778. The van der Waals surface area contributed by atoms with Gasteiger partial charge in [-0.1, -0.05) is 0 Å². The number of rotatable bonds is 1. The quantitative estimate of drug-likeness (QED) is 0.530. The van der Waals surface area contributed by atoms with Crippen molar-refractivity contribution in [3.8, 4) is 0 Å². The molecule has 2 N–H and O–H groups in total. The van der Waals surface area contributed by atoms with Crippen molar-refractivity contribution in [2.75, 3.05) is 6.61 Å². The number of aliphatic hydroxyl groups is 1. The predicted octanol–water partition coefficient (Wildman–Crippen LogP) is -0.939. The maximum absolute atomic E-state index is 9.12. The maximum atomic E-state index is 9.12. The van der Waals surface area contributed by atoms with Gasteiger partial charge in [-0.15, -0.1) is 0 Å². The van der Waals surface area contributed by atoms with Gasteiger partial charge in [0.25, 0.3) is 0 Å². The van der Waals surface area contributed by atoms with E-state index in [1.165, 1.54) is 0 Å². The number of hydrogen-bond acceptors (Lipinski definition) is 2. The molecular weight excluding hydrogens is 163 g/mol. The van der Waals surface area contributed by atoms with Crippen molar-refractivity contribution in [1.82, 2.24) is 0 Å². The van der Waals surface area contributed by atoms with Crippen LogP contribution in [0, 0.1) is 0 Å². The molecule has 0 rings (SSSR count). The van der Waals surface area contributed by atoms with Crippen molar-refractivity contribution in [3.63, 3.8) is 0 Å². The van der Waals surface area contributed by atoms with Crippen molar-refractivity contribution >= 4 is 5.97 Å². The third-order valence-electron chi connectivity index (χ3n) is 0.135. The van der Waals surface area contributed by atoms with Gasteiger partial charge in [0.2, 0.25) is 0 Å². The number of aliphatic hydroxyl groups excluding tert-OH is 1. The molecule has 0 aromatic rings. The van der Waals surface area contributed by atoms with Crippen LogP contribution in [0.1, 0.15) is 0 Å². The summed E-state index contributed by atoms with van der Waals surface area (Å²) in [4.78, 5) is 9.12. The normalized spacial score (nSPS) is 6.17. The zero-order chi connectivity index (χ0) is 4.28. The van der Waals surface area contributed by atoms with Crippen LogP contribution in [0.3, 0.4) is 0 Å². The van der Waals surface area contributed by atoms with Gasteiger partial charge in [-0.25, -0.2) is 4.79 Å². The van der Waals surface area contributed by atoms with Crippen LogP contribution in [-0.4, -0.2) is 22.8 Å². The van der Waals surface area contributed by atoms with Crippen LogP contribution in [-0.2, 0) is 31.0 Å². The fourth-order valence-corrected chi connectivity index (χ4v) is 0. The number of hydrogen-bond donors (Lipinski definition) is 2. The van der Waals surface area contributed by atoms with E-state index >= 15 is 0 Å². The molecule has 0 bridgehead atoms. The molecule has 0 aromatic heterocycles. The molecule has 6 heavy (non-hydrogen) atoms. The molecule has 0 amide bonds. The molecule has 0 aliphatic carbocycles. The molecule has 0 atom stereocenters. The minimum Gasteiger partial charge on any atom is -0.480 e. The minimum atomic E-state index is -1.19. The van der Waals surface area contributed by atoms with E-state index in [1.807, 2.05) is 0 Å². The van der Waals surface area contributed by atoms with Gasteiger partial charge in [0.05, 0.1) is 0 Å². The second kappa shape index (κ2) is 5.31. The van der Waals surface area contributed by atoms with Crippen molar-refractivity contribution in [3.05, 3.63) is 0 Å². The Bertz CT molecular complexity index is 44.1. The van der Waals surface area contributed by atoms with Crippen LogP contribution >= 0.6 is 0 Å². The van der Waals surface area contributed by atoms with Crippen LogP contribution < -0.4 is 0 Å². The zero-order valence-electron chi connectivity index (χ0n) is 3.01. The van der Waals surface area contributed by atoms with Gasteiger partial charge < -0.3 is 10.2 Å². The Kier molecular flexibility index (Phi) is 8.48. The monoisotopic (exact) mass is 166 g/mol. The van der Waals surface area contributed by atoms with Gasteiger partial charge >= 0.3 is 5.97 Å². The molecule has 0 aromatic carbocycles. The van der Waals surface area contributed by atoms with Gasteiger partial charge in [-0.3, -0.25) is 0 Å². The fraction of sp³-hybridized carbons (Fsp3) is 0.500. The van der Waals surface area contributed by atoms with Crippen LogP contribution in [0.25, 0.3) is 0 Å². The van der Waals surface area contributed by atoms with Gasteiger partial charge in [0, 0.05) is 26.2 Å². The van der Waals surface area contributed by atoms with E-state index in [2.05, 4.69) is 0 Å². The summed E-state index contributed by atoms with van der Waals surface area (Å²) < 4.78 is 0. The Morgan fingerprint density at radius 2 is 1.83 bits per heavy atom. The first-order valence-corrected chi connectivity index (χ1v) is 1.10. The molecule has 0 saturated heterocycles. The molecule has 0 heterocycles. The molecule has 4 heteroatoms. The average Bonchev–Trinajstić information content (AvgIpc) is 1.38. The smallest absolute Gasteiger partial charge is 0.329 e. The van der Waals surface area contributed by atoms with Gasteiger partial charge in [-0.05, 0) is 0 Å². The molecule has 34 valence electrons. The van der Waals surface area contributed by atoms with Crippen LogP contribution in [0.4, 0.5) is 0 Å². The average molecular weight is 167 g/mol. The first-order chi connectivity index (χ1) is 2.27.